The van der Waals surface area contributed by atoms with E-state index in [2.05, 4.69) is 9.97 Å². The van der Waals surface area contributed by atoms with Gasteiger partial charge in [-0.1, -0.05) is 27.7 Å². The summed E-state index contributed by atoms with van der Waals surface area (Å²) in [4.78, 5) is 20.7. The lowest BCUT2D eigenvalue weighted by Gasteiger charge is -2.49. The van der Waals surface area contributed by atoms with Gasteiger partial charge in [0.1, 0.15) is 17.2 Å². The van der Waals surface area contributed by atoms with Gasteiger partial charge in [-0.05, 0) is 5.92 Å². The van der Waals surface area contributed by atoms with Gasteiger partial charge in [0, 0.05) is 12.0 Å². The fourth-order valence-corrected chi connectivity index (χ4v) is 2.04. The molecular formula is C13H21N3O2. The maximum atomic E-state index is 11.6. The van der Waals surface area contributed by atoms with Crippen LogP contribution in [0.1, 0.15) is 39.4 Å². The molecule has 0 aliphatic carbocycles. The zero-order chi connectivity index (χ0) is 13.5. The molecule has 1 fully saturated rings. The number of H-pyrrole nitrogens is 1. The standard InChI is InChI=1S/C13H21N3O2/c1-8(2)12-14-10(5-11(17)15-12)16-6-13(18,7-16)9(3)4/h5,8-9,18H,6-7H2,1-4H3,(H,14,15,17). The van der Waals surface area contributed by atoms with Gasteiger partial charge >= 0.3 is 0 Å². The summed E-state index contributed by atoms with van der Waals surface area (Å²) < 4.78 is 0. The number of aromatic amines is 1. The number of nitrogens with zero attached hydrogens (tertiary/aromatic N) is 2. The zero-order valence-electron chi connectivity index (χ0n) is 11.4. The molecule has 1 aliphatic heterocycles. The first-order chi connectivity index (χ1) is 8.32. The molecule has 0 spiro atoms. The fraction of sp³-hybridized carbons (Fsp3) is 0.692. The van der Waals surface area contributed by atoms with Gasteiger partial charge in [0.05, 0.1) is 13.1 Å². The third-order valence-corrected chi connectivity index (χ3v) is 3.62. The zero-order valence-corrected chi connectivity index (χ0v) is 11.4. The van der Waals surface area contributed by atoms with Crippen molar-refractivity contribution in [2.24, 2.45) is 5.92 Å². The Bertz CT molecular complexity index is 487. The van der Waals surface area contributed by atoms with Gasteiger partial charge in [-0.3, -0.25) is 4.79 Å². The van der Waals surface area contributed by atoms with Crippen LogP contribution in [0.2, 0.25) is 0 Å². The van der Waals surface area contributed by atoms with E-state index in [-0.39, 0.29) is 17.4 Å². The van der Waals surface area contributed by atoms with Gasteiger partial charge in [0.2, 0.25) is 0 Å². The monoisotopic (exact) mass is 251 g/mol. The van der Waals surface area contributed by atoms with Crippen molar-refractivity contribution in [3.63, 3.8) is 0 Å². The molecule has 0 radical (unpaired) electrons. The summed E-state index contributed by atoms with van der Waals surface area (Å²) in [6.07, 6.45) is 0. The van der Waals surface area contributed by atoms with Crippen molar-refractivity contribution < 1.29 is 5.11 Å². The van der Waals surface area contributed by atoms with E-state index in [1.165, 1.54) is 6.07 Å². The van der Waals surface area contributed by atoms with Crippen LogP contribution < -0.4 is 10.5 Å². The number of aromatic nitrogens is 2. The van der Waals surface area contributed by atoms with Crippen LogP contribution in [0, 0.1) is 5.92 Å². The minimum Gasteiger partial charge on any atom is -0.386 e. The highest BCUT2D eigenvalue weighted by Gasteiger charge is 2.44. The van der Waals surface area contributed by atoms with Crippen LogP contribution in [0.15, 0.2) is 10.9 Å². The lowest BCUT2D eigenvalue weighted by Crippen LogP contribution is -2.65. The average molecular weight is 251 g/mol. The van der Waals surface area contributed by atoms with Crippen LogP contribution in [-0.2, 0) is 0 Å². The molecule has 1 aromatic rings. The van der Waals surface area contributed by atoms with Crippen molar-refractivity contribution in [1.82, 2.24) is 9.97 Å². The molecule has 1 aliphatic rings. The molecule has 0 saturated carbocycles. The molecule has 1 saturated heterocycles. The van der Waals surface area contributed by atoms with Crippen molar-refractivity contribution in [2.45, 2.75) is 39.2 Å². The van der Waals surface area contributed by atoms with Crippen molar-refractivity contribution in [3.8, 4) is 0 Å². The molecule has 0 atom stereocenters. The predicted octanol–water partition coefficient (Wildman–Crippen LogP) is 1.10. The number of anilines is 1. The summed E-state index contributed by atoms with van der Waals surface area (Å²) in [6, 6.07) is 1.49. The van der Waals surface area contributed by atoms with Gasteiger partial charge in [-0.2, -0.15) is 0 Å². The summed E-state index contributed by atoms with van der Waals surface area (Å²) in [5, 5.41) is 10.2. The average Bonchev–Trinajstić information content (AvgIpc) is 2.23. The van der Waals surface area contributed by atoms with E-state index in [0.29, 0.717) is 24.7 Å². The smallest absolute Gasteiger partial charge is 0.252 e. The molecule has 0 unspecified atom stereocenters. The Hall–Kier alpha value is -1.36. The molecule has 5 nitrogen and oxygen atoms in total. The molecule has 0 aromatic carbocycles. The van der Waals surface area contributed by atoms with Crippen molar-refractivity contribution in [2.75, 3.05) is 18.0 Å². The molecule has 2 heterocycles. The molecule has 2 rings (SSSR count). The lowest BCUT2D eigenvalue weighted by molar-refractivity contribution is -0.0304. The van der Waals surface area contributed by atoms with E-state index in [1.54, 1.807) is 0 Å². The third-order valence-electron chi connectivity index (χ3n) is 3.62. The first-order valence-electron chi connectivity index (χ1n) is 6.40. The topological polar surface area (TPSA) is 69.2 Å². The molecule has 18 heavy (non-hydrogen) atoms. The highest BCUT2D eigenvalue weighted by Crippen LogP contribution is 2.31. The number of aliphatic hydroxyl groups is 1. The highest BCUT2D eigenvalue weighted by atomic mass is 16.3. The van der Waals surface area contributed by atoms with Crippen molar-refractivity contribution in [1.29, 1.82) is 0 Å². The fourth-order valence-electron chi connectivity index (χ4n) is 2.04. The quantitative estimate of drug-likeness (QED) is 0.844. The van der Waals surface area contributed by atoms with Gasteiger partial charge < -0.3 is 15.0 Å². The first-order valence-corrected chi connectivity index (χ1v) is 6.40. The largest absolute Gasteiger partial charge is 0.386 e. The first kappa shape index (κ1) is 13.1. The molecule has 2 N–H and O–H groups in total. The van der Waals surface area contributed by atoms with Gasteiger partial charge in [-0.15, -0.1) is 0 Å². The van der Waals surface area contributed by atoms with Crippen molar-refractivity contribution >= 4 is 5.82 Å². The maximum absolute atomic E-state index is 11.6. The Morgan fingerprint density at radius 3 is 2.50 bits per heavy atom. The Balaban J connectivity index is 2.19. The third kappa shape index (κ3) is 2.27. The van der Waals surface area contributed by atoms with Crippen LogP contribution in [0.4, 0.5) is 5.82 Å². The summed E-state index contributed by atoms with van der Waals surface area (Å²) in [5.41, 5.74) is -0.786. The second kappa shape index (κ2) is 4.39. The molecule has 5 heteroatoms. The number of hydrogen-bond acceptors (Lipinski definition) is 4. The highest BCUT2D eigenvalue weighted by molar-refractivity contribution is 5.43. The molecule has 0 bridgehead atoms. The number of β-amino-alcohol motifs (C(OH)–C–C–N with tert-alkyl or cyclic N) is 1. The number of nitrogens with one attached hydrogen (secondary N) is 1. The van der Waals surface area contributed by atoms with E-state index in [9.17, 15) is 9.90 Å². The van der Waals surface area contributed by atoms with Gasteiger partial charge in [-0.25, -0.2) is 4.98 Å². The molecule has 1 aromatic heterocycles. The Labute approximate surface area is 107 Å². The molecule has 0 amide bonds. The van der Waals surface area contributed by atoms with Crippen LogP contribution >= 0.6 is 0 Å². The second-order valence-electron chi connectivity index (χ2n) is 5.76. The van der Waals surface area contributed by atoms with E-state index < -0.39 is 5.60 Å². The predicted molar refractivity (Wildman–Crippen MR) is 70.9 cm³/mol. The van der Waals surface area contributed by atoms with Crippen LogP contribution in [-0.4, -0.2) is 33.8 Å². The Kier molecular flexibility index (Phi) is 3.19. The summed E-state index contributed by atoms with van der Waals surface area (Å²) >= 11 is 0. The summed E-state index contributed by atoms with van der Waals surface area (Å²) in [7, 11) is 0. The van der Waals surface area contributed by atoms with Gasteiger partial charge in [0.25, 0.3) is 5.56 Å². The SMILES string of the molecule is CC(C)c1nc(N2CC(O)(C(C)C)C2)cc(=O)[nH]1. The second-order valence-corrected chi connectivity index (χ2v) is 5.76. The lowest BCUT2D eigenvalue weighted by atomic mass is 9.83. The van der Waals surface area contributed by atoms with Gasteiger partial charge in [0.15, 0.2) is 0 Å². The van der Waals surface area contributed by atoms with E-state index in [4.69, 9.17) is 0 Å². The minimum absolute atomic E-state index is 0.135. The van der Waals surface area contributed by atoms with E-state index in [0.717, 1.165) is 0 Å². The van der Waals surface area contributed by atoms with E-state index in [1.807, 2.05) is 32.6 Å². The van der Waals surface area contributed by atoms with Crippen LogP contribution in [0.25, 0.3) is 0 Å². The summed E-state index contributed by atoms with van der Waals surface area (Å²) in [6.45, 7) is 9.06. The Morgan fingerprint density at radius 1 is 1.39 bits per heavy atom. The number of rotatable bonds is 3. The van der Waals surface area contributed by atoms with Crippen LogP contribution in [0.3, 0.4) is 0 Å². The van der Waals surface area contributed by atoms with Crippen LogP contribution in [0.5, 0.6) is 0 Å². The maximum Gasteiger partial charge on any atom is 0.252 e. The van der Waals surface area contributed by atoms with Crippen molar-refractivity contribution in [3.05, 3.63) is 22.2 Å². The normalized spacial score (nSPS) is 18.3. The van der Waals surface area contributed by atoms with E-state index >= 15 is 0 Å². The molecule has 100 valence electrons. The summed E-state index contributed by atoms with van der Waals surface area (Å²) in [5.74, 6) is 1.74. The number of hydrogen-bond donors (Lipinski definition) is 2. The molecular weight excluding hydrogens is 230 g/mol. The minimum atomic E-state index is -0.651. The Morgan fingerprint density at radius 2 is 2.00 bits per heavy atom.